The van der Waals surface area contributed by atoms with Crippen LogP contribution in [-0.2, 0) is 0 Å². The maximum Gasteiger partial charge on any atom is 0.119 e. The molecule has 1 rings (SSSR count). The molecule has 0 spiro atoms. The van der Waals surface area contributed by atoms with E-state index in [0.717, 1.165) is 11.3 Å². The summed E-state index contributed by atoms with van der Waals surface area (Å²) >= 11 is 6.21. The molecule has 0 atom stereocenters. The van der Waals surface area contributed by atoms with Crippen molar-refractivity contribution in [2.24, 2.45) is 10.8 Å². The highest BCUT2D eigenvalue weighted by molar-refractivity contribution is 6.46. The van der Waals surface area contributed by atoms with Crippen molar-refractivity contribution in [3.63, 3.8) is 0 Å². The van der Waals surface area contributed by atoms with Crippen LogP contribution in [0, 0.1) is 0 Å². The van der Waals surface area contributed by atoms with E-state index in [2.05, 4.69) is 5.10 Å². The van der Waals surface area contributed by atoms with E-state index in [1.54, 1.807) is 19.0 Å². The van der Waals surface area contributed by atoms with Gasteiger partial charge >= 0.3 is 0 Å². The van der Waals surface area contributed by atoms with E-state index < -0.39 is 0 Å². The molecule has 0 radical (unpaired) electrons. The van der Waals surface area contributed by atoms with E-state index in [-0.39, 0.29) is 0 Å². The minimum Gasteiger partial charge on any atom is -0.497 e. The monoisotopic (exact) mass is 267 g/mol. The highest BCUT2D eigenvalue weighted by atomic mass is 35.5. The lowest BCUT2D eigenvalue weighted by Gasteiger charge is -2.12. The number of nitrogens with zero attached hydrogens (tertiary/aromatic N) is 2. The minimum atomic E-state index is 0.442. The molecule has 98 valence electrons. The molecule has 18 heavy (non-hydrogen) atoms. The molecule has 0 amide bonds. The predicted octanol–water partition coefficient (Wildman–Crippen LogP) is 2.39. The Morgan fingerprint density at radius 1 is 1.39 bits per heavy atom. The Balaban J connectivity index is 3.31. The molecule has 5 heteroatoms. The van der Waals surface area contributed by atoms with Crippen LogP contribution in [0.15, 0.2) is 40.1 Å². The van der Waals surface area contributed by atoms with Crippen molar-refractivity contribution < 1.29 is 4.74 Å². The Kier molecular flexibility index (Phi) is 5.04. The molecule has 1 aromatic rings. The van der Waals surface area contributed by atoms with Gasteiger partial charge in [0.15, 0.2) is 0 Å². The zero-order chi connectivity index (χ0) is 13.7. The molecule has 2 N–H and O–H groups in total. The normalized spacial score (nSPS) is 13.1. The van der Waals surface area contributed by atoms with Crippen LogP contribution < -0.4 is 10.5 Å². The fraction of sp³-hybridized carbons (Fsp3) is 0.308. The van der Waals surface area contributed by atoms with Crippen LogP contribution in [0.2, 0.25) is 0 Å². The van der Waals surface area contributed by atoms with Crippen molar-refractivity contribution in [2.75, 3.05) is 21.2 Å². The van der Waals surface area contributed by atoms with Gasteiger partial charge in [-0.1, -0.05) is 23.7 Å². The number of hydrazone groups is 1. The van der Waals surface area contributed by atoms with E-state index in [4.69, 9.17) is 22.1 Å². The number of halogens is 1. The van der Waals surface area contributed by atoms with Crippen LogP contribution >= 0.6 is 11.6 Å². The molecule has 0 aromatic heterocycles. The molecule has 0 unspecified atom stereocenters. The molecule has 4 nitrogen and oxygen atoms in total. The van der Waals surface area contributed by atoms with Gasteiger partial charge in [-0.3, -0.25) is 0 Å². The van der Waals surface area contributed by atoms with Crippen molar-refractivity contribution in [1.82, 2.24) is 5.01 Å². The SMILES string of the molecule is COc1cccc(C(=NN(C)C)C(Cl)=C(C)N)c1. The van der Waals surface area contributed by atoms with Gasteiger partial charge in [0.05, 0.1) is 12.1 Å². The van der Waals surface area contributed by atoms with Crippen LogP contribution in [0.1, 0.15) is 12.5 Å². The number of benzene rings is 1. The molecule has 0 heterocycles. The summed E-state index contributed by atoms with van der Waals surface area (Å²) in [4.78, 5) is 0. The highest BCUT2D eigenvalue weighted by Crippen LogP contribution is 2.20. The van der Waals surface area contributed by atoms with Gasteiger partial charge in [-0.05, 0) is 19.1 Å². The summed E-state index contributed by atoms with van der Waals surface area (Å²) in [5, 5.41) is 6.49. The van der Waals surface area contributed by atoms with Gasteiger partial charge in [0, 0.05) is 25.4 Å². The molecule has 0 aliphatic rings. The molecule has 1 aromatic carbocycles. The minimum absolute atomic E-state index is 0.442. The third-order valence-corrected chi connectivity index (χ3v) is 2.67. The first kappa shape index (κ1) is 14.4. The van der Waals surface area contributed by atoms with Crippen molar-refractivity contribution in [2.45, 2.75) is 6.92 Å². The predicted molar refractivity (Wildman–Crippen MR) is 76.0 cm³/mol. The number of hydrogen-bond donors (Lipinski definition) is 1. The molecule has 0 aliphatic carbocycles. The first-order valence-electron chi connectivity index (χ1n) is 5.48. The fourth-order valence-corrected chi connectivity index (χ4v) is 1.53. The summed E-state index contributed by atoms with van der Waals surface area (Å²) in [5.41, 5.74) is 7.75. The second kappa shape index (κ2) is 6.31. The largest absolute Gasteiger partial charge is 0.497 e. The van der Waals surface area contributed by atoms with Crippen molar-refractivity contribution in [1.29, 1.82) is 0 Å². The third kappa shape index (κ3) is 3.67. The summed E-state index contributed by atoms with van der Waals surface area (Å²) < 4.78 is 5.19. The van der Waals surface area contributed by atoms with Crippen LogP contribution in [0.3, 0.4) is 0 Å². The molecule has 0 fully saturated rings. The molecule has 0 bridgehead atoms. The molecule has 0 aliphatic heterocycles. The second-order valence-corrected chi connectivity index (χ2v) is 4.40. The highest BCUT2D eigenvalue weighted by Gasteiger charge is 2.11. The number of ether oxygens (including phenoxy) is 1. The lowest BCUT2D eigenvalue weighted by Crippen LogP contribution is -2.13. The van der Waals surface area contributed by atoms with E-state index in [1.165, 1.54) is 0 Å². The lowest BCUT2D eigenvalue weighted by molar-refractivity contribution is 0.414. The summed E-state index contributed by atoms with van der Waals surface area (Å²) in [6, 6.07) is 7.53. The Morgan fingerprint density at radius 2 is 2.06 bits per heavy atom. The van der Waals surface area contributed by atoms with Crippen LogP contribution in [-0.4, -0.2) is 31.9 Å². The summed E-state index contributed by atoms with van der Waals surface area (Å²) in [6.45, 7) is 1.74. The van der Waals surface area contributed by atoms with Crippen LogP contribution in [0.25, 0.3) is 0 Å². The van der Waals surface area contributed by atoms with Gasteiger partial charge in [-0.25, -0.2) is 0 Å². The molecular formula is C13H18ClN3O. The Labute approximate surface area is 113 Å². The van der Waals surface area contributed by atoms with Gasteiger partial charge in [0.25, 0.3) is 0 Å². The molecule has 0 saturated heterocycles. The van der Waals surface area contributed by atoms with E-state index >= 15 is 0 Å². The average Bonchev–Trinajstić information content (AvgIpc) is 2.34. The quantitative estimate of drug-likeness (QED) is 0.673. The Morgan fingerprint density at radius 3 is 2.56 bits per heavy atom. The van der Waals surface area contributed by atoms with Crippen molar-refractivity contribution in [3.8, 4) is 5.75 Å². The Hall–Kier alpha value is -1.68. The maximum absolute atomic E-state index is 6.21. The Bertz CT molecular complexity index is 477. The fourth-order valence-electron chi connectivity index (χ4n) is 1.39. The summed E-state index contributed by atoms with van der Waals surface area (Å²) in [7, 11) is 5.28. The standard InChI is InChI=1S/C13H18ClN3O/c1-9(15)12(14)13(16-17(2)3)10-6-5-7-11(8-10)18-4/h5-8H,15H2,1-4H3. The number of allylic oxidation sites excluding steroid dienone is 2. The van der Waals surface area contributed by atoms with Crippen LogP contribution in [0.5, 0.6) is 5.75 Å². The zero-order valence-corrected chi connectivity index (χ0v) is 11.8. The summed E-state index contributed by atoms with van der Waals surface area (Å²) in [5.74, 6) is 0.748. The van der Waals surface area contributed by atoms with E-state index in [0.29, 0.717) is 16.4 Å². The zero-order valence-electron chi connectivity index (χ0n) is 11.1. The number of rotatable bonds is 4. The topological polar surface area (TPSA) is 50.8 Å². The summed E-state index contributed by atoms with van der Waals surface area (Å²) in [6.07, 6.45) is 0. The van der Waals surface area contributed by atoms with Gasteiger partial charge in [-0.15, -0.1) is 0 Å². The number of hydrogen-bond acceptors (Lipinski definition) is 4. The maximum atomic E-state index is 6.21. The smallest absolute Gasteiger partial charge is 0.119 e. The van der Waals surface area contributed by atoms with Gasteiger partial charge < -0.3 is 15.5 Å². The van der Waals surface area contributed by atoms with Crippen molar-refractivity contribution in [3.05, 3.63) is 40.6 Å². The van der Waals surface area contributed by atoms with Crippen LogP contribution in [0.4, 0.5) is 0 Å². The lowest BCUT2D eigenvalue weighted by atomic mass is 10.1. The first-order chi connectivity index (χ1) is 8.45. The molecular weight excluding hydrogens is 250 g/mol. The number of methoxy groups -OCH3 is 1. The first-order valence-corrected chi connectivity index (χ1v) is 5.86. The van der Waals surface area contributed by atoms with E-state index in [9.17, 15) is 0 Å². The van der Waals surface area contributed by atoms with Gasteiger partial charge in [-0.2, -0.15) is 5.10 Å². The van der Waals surface area contributed by atoms with E-state index in [1.807, 2.05) is 38.4 Å². The second-order valence-electron chi connectivity index (χ2n) is 4.02. The molecule has 0 saturated carbocycles. The van der Waals surface area contributed by atoms with Gasteiger partial charge in [0.2, 0.25) is 0 Å². The average molecular weight is 268 g/mol. The van der Waals surface area contributed by atoms with Crippen molar-refractivity contribution >= 4 is 17.3 Å². The van der Waals surface area contributed by atoms with Gasteiger partial charge in [0.1, 0.15) is 11.5 Å². The number of nitrogens with two attached hydrogens (primary N) is 1. The third-order valence-electron chi connectivity index (χ3n) is 2.20.